The lowest BCUT2D eigenvalue weighted by atomic mass is 9.90. The van der Waals surface area contributed by atoms with Gasteiger partial charge in [-0.15, -0.1) is 0 Å². The van der Waals surface area contributed by atoms with Gasteiger partial charge in [0, 0.05) is 44.7 Å². The summed E-state index contributed by atoms with van der Waals surface area (Å²) in [5.74, 6) is -0.807. The normalized spacial score (nSPS) is 19.4. The number of piperazine rings is 1. The van der Waals surface area contributed by atoms with Gasteiger partial charge in [-0.1, -0.05) is 44.2 Å². The SMILES string of the molecule is O=CCCCCCCCCCN1CCN(CC(=O)Nc2ccc(C3CCC(=O)NC3=O)cc2)CC1. The number of amides is 3. The van der Waals surface area contributed by atoms with E-state index in [2.05, 4.69) is 20.4 Å². The van der Waals surface area contributed by atoms with Crippen LogP contribution < -0.4 is 10.6 Å². The van der Waals surface area contributed by atoms with E-state index in [1.165, 1.54) is 38.5 Å². The van der Waals surface area contributed by atoms with E-state index in [0.29, 0.717) is 31.5 Å². The number of benzene rings is 1. The van der Waals surface area contributed by atoms with E-state index in [-0.39, 0.29) is 23.6 Å². The maximum absolute atomic E-state index is 12.5. The van der Waals surface area contributed by atoms with Crippen LogP contribution in [-0.2, 0) is 19.2 Å². The van der Waals surface area contributed by atoms with Crippen molar-refractivity contribution in [3.63, 3.8) is 0 Å². The van der Waals surface area contributed by atoms with E-state index in [1.54, 1.807) is 0 Å². The molecule has 1 unspecified atom stereocenters. The number of anilines is 1. The van der Waals surface area contributed by atoms with E-state index < -0.39 is 0 Å². The lowest BCUT2D eigenvalue weighted by molar-refractivity contribution is -0.134. The van der Waals surface area contributed by atoms with Gasteiger partial charge < -0.3 is 15.0 Å². The minimum Gasteiger partial charge on any atom is -0.325 e. The van der Waals surface area contributed by atoms with Crippen LogP contribution in [0, 0.1) is 0 Å². The Morgan fingerprint density at radius 1 is 0.914 bits per heavy atom. The zero-order chi connectivity index (χ0) is 24.9. The fraction of sp³-hybridized carbons (Fsp3) is 0.630. The summed E-state index contributed by atoms with van der Waals surface area (Å²) in [6, 6.07) is 7.34. The van der Waals surface area contributed by atoms with Gasteiger partial charge in [-0.3, -0.25) is 24.6 Å². The summed E-state index contributed by atoms with van der Waals surface area (Å²) < 4.78 is 0. The fourth-order valence-corrected chi connectivity index (χ4v) is 4.83. The van der Waals surface area contributed by atoms with Gasteiger partial charge in [0.25, 0.3) is 0 Å². The molecule has 1 aromatic carbocycles. The van der Waals surface area contributed by atoms with E-state index in [9.17, 15) is 19.2 Å². The van der Waals surface area contributed by atoms with Crippen molar-refractivity contribution in [3.05, 3.63) is 29.8 Å². The minimum atomic E-state index is -0.312. The molecule has 0 spiro atoms. The third kappa shape index (κ3) is 9.53. The van der Waals surface area contributed by atoms with Crippen molar-refractivity contribution < 1.29 is 19.2 Å². The number of aldehydes is 1. The number of nitrogens with zero attached hydrogens (tertiary/aromatic N) is 2. The molecule has 2 aliphatic rings. The lowest BCUT2D eigenvalue weighted by Gasteiger charge is -2.34. The zero-order valence-electron chi connectivity index (χ0n) is 20.8. The summed E-state index contributed by atoms with van der Waals surface area (Å²) >= 11 is 0. The van der Waals surface area contributed by atoms with Crippen molar-refractivity contribution in [1.82, 2.24) is 15.1 Å². The standard InChI is InChI=1S/C27H40N4O4/c32-20-8-6-4-2-1-3-5-7-15-30-16-18-31(19-17-30)21-26(34)28-23-11-9-22(10-12-23)24-13-14-25(33)29-27(24)35/h9-12,20,24H,1-8,13-19,21H2,(H,28,34)(H,29,33,35). The Labute approximate surface area is 208 Å². The van der Waals surface area contributed by atoms with Crippen LogP contribution in [0.15, 0.2) is 24.3 Å². The molecule has 192 valence electrons. The first-order valence-corrected chi connectivity index (χ1v) is 13.2. The average Bonchev–Trinajstić information content (AvgIpc) is 2.85. The zero-order valence-corrected chi connectivity index (χ0v) is 20.8. The molecule has 2 saturated heterocycles. The van der Waals surface area contributed by atoms with Crippen molar-refractivity contribution in [2.45, 2.75) is 70.1 Å². The Hall–Kier alpha value is -2.58. The fourth-order valence-electron chi connectivity index (χ4n) is 4.83. The van der Waals surface area contributed by atoms with Crippen molar-refractivity contribution in [2.75, 3.05) is 44.6 Å². The number of piperidine rings is 1. The van der Waals surface area contributed by atoms with Gasteiger partial charge in [0.05, 0.1) is 12.5 Å². The van der Waals surface area contributed by atoms with Gasteiger partial charge in [-0.05, 0) is 43.5 Å². The Morgan fingerprint density at radius 2 is 1.54 bits per heavy atom. The van der Waals surface area contributed by atoms with Gasteiger partial charge in [0.2, 0.25) is 17.7 Å². The average molecular weight is 485 g/mol. The molecule has 0 saturated carbocycles. The second kappa shape index (κ2) is 14.7. The molecule has 35 heavy (non-hydrogen) atoms. The van der Waals surface area contributed by atoms with E-state index in [4.69, 9.17) is 0 Å². The van der Waals surface area contributed by atoms with E-state index in [0.717, 1.165) is 51.0 Å². The highest BCUT2D eigenvalue weighted by atomic mass is 16.2. The van der Waals surface area contributed by atoms with Crippen molar-refractivity contribution in [3.8, 4) is 0 Å². The van der Waals surface area contributed by atoms with E-state index in [1.807, 2.05) is 24.3 Å². The summed E-state index contributed by atoms with van der Waals surface area (Å²) in [4.78, 5) is 50.9. The van der Waals surface area contributed by atoms with Gasteiger partial charge in [-0.25, -0.2) is 0 Å². The van der Waals surface area contributed by atoms with E-state index >= 15 is 0 Å². The van der Waals surface area contributed by atoms with Gasteiger partial charge in [0.15, 0.2) is 0 Å². The predicted molar refractivity (Wildman–Crippen MR) is 136 cm³/mol. The number of nitrogens with one attached hydrogen (secondary N) is 2. The molecule has 1 aromatic rings. The molecular weight excluding hydrogens is 444 g/mol. The molecule has 3 rings (SSSR count). The molecule has 0 aromatic heterocycles. The topological polar surface area (TPSA) is 98.8 Å². The lowest BCUT2D eigenvalue weighted by Crippen LogP contribution is -2.48. The maximum atomic E-state index is 12.5. The largest absolute Gasteiger partial charge is 0.325 e. The van der Waals surface area contributed by atoms with Crippen molar-refractivity contribution >= 4 is 29.7 Å². The van der Waals surface area contributed by atoms with Crippen LogP contribution in [0.25, 0.3) is 0 Å². The molecule has 8 nitrogen and oxygen atoms in total. The number of carbonyl (C=O) groups excluding carboxylic acids is 4. The molecule has 8 heteroatoms. The summed E-state index contributed by atoms with van der Waals surface area (Å²) in [7, 11) is 0. The second-order valence-electron chi connectivity index (χ2n) is 9.72. The van der Waals surface area contributed by atoms with Crippen LogP contribution in [0.3, 0.4) is 0 Å². The number of hydrogen-bond acceptors (Lipinski definition) is 6. The third-order valence-electron chi connectivity index (χ3n) is 6.96. The number of carbonyl (C=O) groups is 4. The number of imide groups is 1. The van der Waals surface area contributed by atoms with Crippen LogP contribution in [0.5, 0.6) is 0 Å². The minimum absolute atomic E-state index is 0.0275. The molecule has 2 heterocycles. The third-order valence-corrected chi connectivity index (χ3v) is 6.96. The molecule has 0 bridgehead atoms. The van der Waals surface area contributed by atoms with Crippen molar-refractivity contribution in [1.29, 1.82) is 0 Å². The molecule has 2 aliphatic heterocycles. The molecule has 1 atom stereocenters. The Balaban J connectivity index is 1.27. The Morgan fingerprint density at radius 3 is 2.20 bits per heavy atom. The van der Waals surface area contributed by atoms with Crippen LogP contribution in [0.2, 0.25) is 0 Å². The molecule has 2 fully saturated rings. The highest BCUT2D eigenvalue weighted by Gasteiger charge is 2.27. The number of rotatable bonds is 14. The quantitative estimate of drug-likeness (QED) is 0.239. The van der Waals surface area contributed by atoms with Crippen LogP contribution in [0.4, 0.5) is 5.69 Å². The first-order valence-electron chi connectivity index (χ1n) is 13.2. The van der Waals surface area contributed by atoms with Crippen LogP contribution in [-0.4, -0.2) is 73.1 Å². The van der Waals surface area contributed by atoms with Gasteiger partial charge in [-0.2, -0.15) is 0 Å². The summed E-state index contributed by atoms with van der Waals surface area (Å²) in [6.45, 7) is 5.31. The summed E-state index contributed by atoms with van der Waals surface area (Å²) in [5, 5.41) is 5.34. The molecule has 3 amide bonds. The highest BCUT2D eigenvalue weighted by molar-refractivity contribution is 6.01. The molecule has 0 aliphatic carbocycles. The molecule has 2 N–H and O–H groups in total. The smallest absolute Gasteiger partial charge is 0.238 e. The first kappa shape index (κ1) is 27.0. The van der Waals surface area contributed by atoms with Crippen molar-refractivity contribution in [2.24, 2.45) is 0 Å². The van der Waals surface area contributed by atoms with Crippen LogP contribution in [0.1, 0.15) is 75.7 Å². The summed E-state index contributed by atoms with van der Waals surface area (Å²) in [6.07, 6.45) is 11.0. The summed E-state index contributed by atoms with van der Waals surface area (Å²) in [5.41, 5.74) is 1.58. The monoisotopic (exact) mass is 484 g/mol. The Kier molecular flexibility index (Phi) is 11.4. The molecular formula is C27H40N4O4. The first-order chi connectivity index (χ1) is 17.0. The number of hydrogen-bond donors (Lipinski definition) is 2. The maximum Gasteiger partial charge on any atom is 0.238 e. The number of unbranched alkanes of at least 4 members (excludes halogenated alkanes) is 7. The Bertz CT molecular complexity index is 834. The van der Waals surface area contributed by atoms with Gasteiger partial charge in [0.1, 0.15) is 6.29 Å². The molecule has 0 radical (unpaired) electrons. The predicted octanol–water partition coefficient (Wildman–Crippen LogP) is 3.08. The van der Waals surface area contributed by atoms with Gasteiger partial charge >= 0.3 is 0 Å². The highest BCUT2D eigenvalue weighted by Crippen LogP contribution is 2.25. The second-order valence-corrected chi connectivity index (χ2v) is 9.72. The van der Waals surface area contributed by atoms with Crippen LogP contribution >= 0.6 is 0 Å².